The zero-order valence-corrected chi connectivity index (χ0v) is 12.4. The SMILES string of the molecule is CCOC(=O)CN(CC)S(=O)(=O)c1cn(C)c(C)n1. The van der Waals surface area contributed by atoms with Gasteiger partial charge in [-0.15, -0.1) is 0 Å². The Morgan fingerprint density at radius 1 is 1.47 bits per heavy atom. The molecule has 0 atom stereocenters. The third-order valence-corrected chi connectivity index (χ3v) is 4.45. The van der Waals surface area contributed by atoms with Crippen molar-refractivity contribution in [3.05, 3.63) is 12.0 Å². The van der Waals surface area contributed by atoms with Gasteiger partial charge in [-0.25, -0.2) is 13.4 Å². The van der Waals surface area contributed by atoms with E-state index in [4.69, 9.17) is 4.74 Å². The van der Waals surface area contributed by atoms with Crippen molar-refractivity contribution in [1.82, 2.24) is 13.9 Å². The maximum Gasteiger partial charge on any atom is 0.321 e. The van der Waals surface area contributed by atoms with Gasteiger partial charge < -0.3 is 9.30 Å². The van der Waals surface area contributed by atoms with Gasteiger partial charge >= 0.3 is 5.97 Å². The van der Waals surface area contributed by atoms with Gasteiger partial charge in [-0.2, -0.15) is 4.31 Å². The smallest absolute Gasteiger partial charge is 0.321 e. The first-order valence-corrected chi connectivity index (χ1v) is 7.42. The largest absolute Gasteiger partial charge is 0.465 e. The van der Waals surface area contributed by atoms with Crippen molar-refractivity contribution in [1.29, 1.82) is 0 Å². The molecule has 0 saturated heterocycles. The molecule has 8 heteroatoms. The van der Waals surface area contributed by atoms with Gasteiger partial charge in [0, 0.05) is 19.8 Å². The van der Waals surface area contributed by atoms with Gasteiger partial charge in [0.2, 0.25) is 0 Å². The van der Waals surface area contributed by atoms with Crippen molar-refractivity contribution >= 4 is 16.0 Å². The van der Waals surface area contributed by atoms with Crippen molar-refractivity contribution in [2.45, 2.75) is 25.8 Å². The summed E-state index contributed by atoms with van der Waals surface area (Å²) in [6, 6.07) is 0. The van der Waals surface area contributed by atoms with Gasteiger partial charge in [-0.1, -0.05) is 6.92 Å². The topological polar surface area (TPSA) is 81.5 Å². The summed E-state index contributed by atoms with van der Waals surface area (Å²) in [6.07, 6.45) is 1.43. The number of esters is 1. The van der Waals surface area contributed by atoms with E-state index in [-0.39, 0.29) is 24.7 Å². The van der Waals surface area contributed by atoms with Crippen molar-refractivity contribution in [3.8, 4) is 0 Å². The predicted octanol–water partition coefficient (Wildman–Crippen LogP) is 0.302. The molecule has 0 aliphatic heterocycles. The second-order valence-corrected chi connectivity index (χ2v) is 5.86. The van der Waals surface area contributed by atoms with E-state index >= 15 is 0 Å². The summed E-state index contributed by atoms with van der Waals surface area (Å²) in [5.74, 6) is 0.0198. The number of likely N-dealkylation sites (N-methyl/N-ethyl adjacent to an activating group) is 1. The molecule has 0 radical (unpaired) electrons. The molecule has 0 aliphatic rings. The van der Waals surface area contributed by atoms with E-state index in [0.717, 1.165) is 4.31 Å². The lowest BCUT2D eigenvalue weighted by molar-refractivity contribution is -0.143. The van der Waals surface area contributed by atoms with E-state index in [0.29, 0.717) is 5.82 Å². The maximum absolute atomic E-state index is 12.3. The van der Waals surface area contributed by atoms with Crippen LogP contribution in [0.4, 0.5) is 0 Å². The average molecular weight is 289 g/mol. The number of aromatic nitrogens is 2. The standard InChI is InChI=1S/C11H19N3O4S/c1-5-14(8-11(15)18-6-2)19(16,17)10-7-13(4)9(3)12-10/h7H,5-6,8H2,1-4H3. The molecule has 1 aromatic heterocycles. The first kappa shape index (κ1) is 15.6. The Morgan fingerprint density at radius 2 is 2.11 bits per heavy atom. The molecule has 0 amide bonds. The number of rotatable bonds is 6. The fraction of sp³-hybridized carbons (Fsp3) is 0.636. The normalized spacial score (nSPS) is 11.8. The Morgan fingerprint density at radius 3 is 2.53 bits per heavy atom. The fourth-order valence-corrected chi connectivity index (χ4v) is 2.92. The van der Waals surface area contributed by atoms with Crippen LogP contribution in [0.1, 0.15) is 19.7 Å². The van der Waals surface area contributed by atoms with Crippen molar-refractivity contribution in [3.63, 3.8) is 0 Å². The predicted molar refractivity (Wildman–Crippen MR) is 69.0 cm³/mol. The van der Waals surface area contributed by atoms with Crippen LogP contribution in [0.5, 0.6) is 0 Å². The first-order chi connectivity index (χ1) is 8.82. The summed E-state index contributed by atoms with van der Waals surface area (Å²) in [5, 5.41) is -0.0568. The minimum absolute atomic E-state index is 0.0568. The van der Waals surface area contributed by atoms with Gasteiger partial charge in [-0.3, -0.25) is 4.79 Å². The molecular formula is C11H19N3O4S. The molecule has 1 heterocycles. The number of imidazole rings is 1. The van der Waals surface area contributed by atoms with E-state index in [9.17, 15) is 13.2 Å². The van der Waals surface area contributed by atoms with Crippen LogP contribution in [-0.2, 0) is 26.6 Å². The number of aryl methyl sites for hydroxylation is 2. The minimum atomic E-state index is -3.77. The molecule has 1 aromatic rings. The summed E-state index contributed by atoms with van der Waals surface area (Å²) >= 11 is 0. The highest BCUT2D eigenvalue weighted by Gasteiger charge is 2.28. The summed E-state index contributed by atoms with van der Waals surface area (Å²) in [7, 11) is -2.05. The van der Waals surface area contributed by atoms with Gasteiger partial charge in [-0.05, 0) is 13.8 Å². The average Bonchev–Trinajstić information content (AvgIpc) is 2.67. The zero-order chi connectivity index (χ0) is 14.6. The molecule has 7 nitrogen and oxygen atoms in total. The third kappa shape index (κ3) is 3.54. The van der Waals surface area contributed by atoms with Crippen LogP contribution in [-0.4, -0.2) is 47.9 Å². The van der Waals surface area contributed by atoms with E-state index in [2.05, 4.69) is 4.98 Å². The van der Waals surface area contributed by atoms with Crippen molar-refractivity contribution < 1.29 is 17.9 Å². The summed E-state index contributed by atoms with van der Waals surface area (Å²) in [4.78, 5) is 15.4. The Balaban J connectivity index is 2.99. The fourth-order valence-electron chi connectivity index (χ4n) is 1.50. The quantitative estimate of drug-likeness (QED) is 0.704. The van der Waals surface area contributed by atoms with Gasteiger partial charge in [0.15, 0.2) is 5.03 Å². The van der Waals surface area contributed by atoms with Crippen LogP contribution >= 0.6 is 0 Å². The number of carbonyl (C=O) groups excluding carboxylic acids is 1. The lowest BCUT2D eigenvalue weighted by Gasteiger charge is -2.17. The lowest BCUT2D eigenvalue weighted by atomic mass is 10.6. The Bertz CT molecular complexity index is 531. The Hall–Kier alpha value is -1.41. The highest BCUT2D eigenvalue weighted by Crippen LogP contribution is 2.14. The monoisotopic (exact) mass is 289 g/mol. The van der Waals surface area contributed by atoms with Crippen molar-refractivity contribution in [2.75, 3.05) is 19.7 Å². The molecule has 0 saturated carbocycles. The van der Waals surface area contributed by atoms with Crippen LogP contribution in [0.2, 0.25) is 0 Å². The van der Waals surface area contributed by atoms with Crippen LogP contribution in [0.25, 0.3) is 0 Å². The highest BCUT2D eigenvalue weighted by atomic mass is 32.2. The van der Waals surface area contributed by atoms with Gasteiger partial charge in [0.05, 0.1) is 6.61 Å². The van der Waals surface area contributed by atoms with E-state index in [1.54, 1.807) is 32.4 Å². The van der Waals surface area contributed by atoms with Crippen molar-refractivity contribution in [2.24, 2.45) is 7.05 Å². The molecule has 0 fully saturated rings. The van der Waals surface area contributed by atoms with Crippen LogP contribution in [0.15, 0.2) is 11.2 Å². The third-order valence-electron chi connectivity index (χ3n) is 2.65. The Kier molecular flexibility index (Phi) is 5.07. The number of hydrogen-bond acceptors (Lipinski definition) is 5. The second kappa shape index (κ2) is 6.16. The number of nitrogens with zero attached hydrogens (tertiary/aromatic N) is 3. The first-order valence-electron chi connectivity index (χ1n) is 5.98. The van der Waals surface area contributed by atoms with E-state index in [1.807, 2.05) is 0 Å². The van der Waals surface area contributed by atoms with Crippen LogP contribution in [0, 0.1) is 6.92 Å². The second-order valence-electron chi connectivity index (χ2n) is 3.97. The number of carbonyl (C=O) groups is 1. The molecule has 0 bridgehead atoms. The number of ether oxygens (including phenoxy) is 1. The van der Waals surface area contributed by atoms with Crippen LogP contribution in [0.3, 0.4) is 0 Å². The summed E-state index contributed by atoms with van der Waals surface area (Å²) in [6.45, 7) is 5.14. The molecule has 108 valence electrons. The molecular weight excluding hydrogens is 270 g/mol. The Labute approximate surface area is 113 Å². The summed E-state index contributed by atoms with van der Waals surface area (Å²) in [5.41, 5.74) is 0. The summed E-state index contributed by atoms with van der Waals surface area (Å²) < 4.78 is 32.1. The zero-order valence-electron chi connectivity index (χ0n) is 11.6. The molecule has 1 rings (SSSR count). The van der Waals surface area contributed by atoms with E-state index < -0.39 is 16.0 Å². The number of hydrogen-bond donors (Lipinski definition) is 0. The molecule has 0 N–H and O–H groups in total. The lowest BCUT2D eigenvalue weighted by Crippen LogP contribution is -2.36. The van der Waals surface area contributed by atoms with Gasteiger partial charge in [0.1, 0.15) is 12.4 Å². The molecule has 0 aliphatic carbocycles. The molecule has 0 aromatic carbocycles. The highest BCUT2D eigenvalue weighted by molar-refractivity contribution is 7.89. The minimum Gasteiger partial charge on any atom is -0.465 e. The van der Waals surface area contributed by atoms with E-state index in [1.165, 1.54) is 6.20 Å². The molecule has 0 spiro atoms. The number of sulfonamides is 1. The van der Waals surface area contributed by atoms with Crippen LogP contribution < -0.4 is 0 Å². The maximum atomic E-state index is 12.3. The van der Waals surface area contributed by atoms with Gasteiger partial charge in [0.25, 0.3) is 10.0 Å². The molecule has 19 heavy (non-hydrogen) atoms. The molecule has 0 unspecified atom stereocenters.